The summed E-state index contributed by atoms with van der Waals surface area (Å²) in [6.07, 6.45) is 1.24. The van der Waals surface area contributed by atoms with Crippen LogP contribution in [-0.2, 0) is 6.42 Å². The van der Waals surface area contributed by atoms with E-state index in [1.807, 2.05) is 0 Å². The zero-order chi connectivity index (χ0) is 13.1. The van der Waals surface area contributed by atoms with Crippen LogP contribution in [0.1, 0.15) is 16.1 Å². The van der Waals surface area contributed by atoms with Gasteiger partial charge in [-0.25, -0.2) is 8.78 Å². The summed E-state index contributed by atoms with van der Waals surface area (Å²) >= 11 is 3.22. The Morgan fingerprint density at radius 1 is 1.28 bits per heavy atom. The van der Waals surface area contributed by atoms with Crippen molar-refractivity contribution in [3.8, 4) is 0 Å². The lowest BCUT2D eigenvalue weighted by Gasteiger charge is -2.04. The van der Waals surface area contributed by atoms with Crippen LogP contribution in [0.25, 0.3) is 0 Å². The zero-order valence-electron chi connectivity index (χ0n) is 9.16. The minimum atomic E-state index is -0.671. The fourth-order valence-electron chi connectivity index (χ4n) is 1.53. The standard InChI is InChI=1S/C13H8BrF2NO/c14-10-4-3-9(15)6-8(10)7-12(18)13-11(16)2-1-5-17-13/h1-6H,7H2. The Hall–Kier alpha value is -1.62. The number of halogens is 3. The number of hydrogen-bond acceptors (Lipinski definition) is 2. The quantitative estimate of drug-likeness (QED) is 0.811. The Balaban J connectivity index is 2.27. The molecule has 0 unspecified atom stereocenters. The molecule has 0 saturated carbocycles. The second-order valence-electron chi connectivity index (χ2n) is 3.67. The maximum atomic E-state index is 13.4. The van der Waals surface area contributed by atoms with E-state index in [1.54, 1.807) is 0 Å². The molecule has 0 aliphatic rings. The molecule has 5 heteroatoms. The van der Waals surface area contributed by atoms with Crippen molar-refractivity contribution in [3.05, 3.63) is 63.9 Å². The van der Waals surface area contributed by atoms with E-state index in [0.29, 0.717) is 10.0 Å². The van der Waals surface area contributed by atoms with Crippen molar-refractivity contribution in [1.82, 2.24) is 4.98 Å². The summed E-state index contributed by atoms with van der Waals surface area (Å²) in [5.41, 5.74) is 0.235. The average Bonchev–Trinajstić information content (AvgIpc) is 2.34. The molecule has 2 aromatic rings. The first-order chi connectivity index (χ1) is 8.58. The third-order valence-electron chi connectivity index (χ3n) is 2.38. The Labute approximate surface area is 111 Å². The first kappa shape index (κ1) is 12.8. The third-order valence-corrected chi connectivity index (χ3v) is 3.15. The number of nitrogens with zero attached hydrogens (tertiary/aromatic N) is 1. The summed E-state index contributed by atoms with van der Waals surface area (Å²) in [5, 5.41) is 0. The highest BCUT2D eigenvalue weighted by molar-refractivity contribution is 9.10. The van der Waals surface area contributed by atoms with Crippen LogP contribution in [0.2, 0.25) is 0 Å². The second-order valence-corrected chi connectivity index (χ2v) is 4.52. The highest BCUT2D eigenvalue weighted by Gasteiger charge is 2.15. The van der Waals surface area contributed by atoms with Crippen molar-refractivity contribution < 1.29 is 13.6 Å². The maximum absolute atomic E-state index is 13.4. The molecule has 2 nitrogen and oxygen atoms in total. The van der Waals surface area contributed by atoms with E-state index >= 15 is 0 Å². The van der Waals surface area contributed by atoms with Gasteiger partial charge in [-0.3, -0.25) is 9.78 Å². The zero-order valence-corrected chi connectivity index (χ0v) is 10.7. The minimum absolute atomic E-state index is 0.105. The first-order valence-electron chi connectivity index (χ1n) is 5.15. The van der Waals surface area contributed by atoms with Crippen LogP contribution in [0.5, 0.6) is 0 Å². The van der Waals surface area contributed by atoms with Gasteiger partial charge in [-0.1, -0.05) is 15.9 Å². The summed E-state index contributed by atoms with van der Waals surface area (Å²) in [6, 6.07) is 6.60. The van der Waals surface area contributed by atoms with Crippen LogP contribution in [0.4, 0.5) is 8.78 Å². The number of benzene rings is 1. The first-order valence-corrected chi connectivity index (χ1v) is 5.95. The van der Waals surface area contributed by atoms with Gasteiger partial charge >= 0.3 is 0 Å². The summed E-state index contributed by atoms with van der Waals surface area (Å²) in [7, 11) is 0. The number of rotatable bonds is 3. The maximum Gasteiger partial charge on any atom is 0.188 e. The lowest BCUT2D eigenvalue weighted by Crippen LogP contribution is -2.09. The molecule has 0 aliphatic heterocycles. The number of carbonyl (C=O) groups is 1. The predicted octanol–water partition coefficient (Wildman–Crippen LogP) is 3.55. The van der Waals surface area contributed by atoms with Gasteiger partial charge in [0.15, 0.2) is 11.6 Å². The molecule has 0 fully saturated rings. The molecule has 0 bridgehead atoms. The minimum Gasteiger partial charge on any atom is -0.292 e. The second kappa shape index (κ2) is 5.35. The molecule has 0 amide bonds. The van der Waals surface area contributed by atoms with Crippen molar-refractivity contribution in [2.75, 3.05) is 0 Å². The van der Waals surface area contributed by atoms with Gasteiger partial charge in [0.2, 0.25) is 0 Å². The van der Waals surface area contributed by atoms with E-state index < -0.39 is 17.4 Å². The highest BCUT2D eigenvalue weighted by Crippen LogP contribution is 2.20. The van der Waals surface area contributed by atoms with Crippen LogP contribution in [0, 0.1) is 11.6 Å². The smallest absolute Gasteiger partial charge is 0.188 e. The topological polar surface area (TPSA) is 30.0 Å². The van der Waals surface area contributed by atoms with E-state index in [1.165, 1.54) is 36.5 Å². The summed E-state index contributed by atoms with van der Waals surface area (Å²) < 4.78 is 27.0. The Morgan fingerprint density at radius 2 is 2.06 bits per heavy atom. The molecule has 1 aromatic heterocycles. The van der Waals surface area contributed by atoms with Crippen molar-refractivity contribution in [2.24, 2.45) is 0 Å². The Bertz CT molecular complexity index is 601. The molecule has 0 saturated heterocycles. The lowest BCUT2D eigenvalue weighted by molar-refractivity contribution is 0.0983. The number of hydrogen-bond donors (Lipinski definition) is 0. The van der Waals surface area contributed by atoms with Crippen LogP contribution < -0.4 is 0 Å². The number of ketones is 1. The van der Waals surface area contributed by atoms with Gasteiger partial charge in [0.25, 0.3) is 0 Å². The Morgan fingerprint density at radius 3 is 2.78 bits per heavy atom. The fraction of sp³-hybridized carbons (Fsp3) is 0.0769. The van der Waals surface area contributed by atoms with Crippen LogP contribution in [-0.4, -0.2) is 10.8 Å². The van der Waals surface area contributed by atoms with Crippen molar-refractivity contribution >= 4 is 21.7 Å². The molecule has 92 valence electrons. The van der Waals surface area contributed by atoms with E-state index in [9.17, 15) is 13.6 Å². The van der Waals surface area contributed by atoms with E-state index in [4.69, 9.17) is 0 Å². The number of carbonyl (C=O) groups excluding carboxylic acids is 1. The van der Waals surface area contributed by atoms with Gasteiger partial charge < -0.3 is 0 Å². The monoisotopic (exact) mass is 311 g/mol. The van der Waals surface area contributed by atoms with Crippen LogP contribution in [0.3, 0.4) is 0 Å². The molecule has 2 rings (SSSR count). The van der Waals surface area contributed by atoms with Gasteiger partial charge in [-0.2, -0.15) is 0 Å². The molecule has 1 aromatic carbocycles. The highest BCUT2D eigenvalue weighted by atomic mass is 79.9. The molecule has 0 radical (unpaired) electrons. The van der Waals surface area contributed by atoms with Gasteiger partial charge in [0.1, 0.15) is 11.5 Å². The molecule has 0 atom stereocenters. The van der Waals surface area contributed by atoms with Crippen molar-refractivity contribution in [2.45, 2.75) is 6.42 Å². The third kappa shape index (κ3) is 2.79. The van der Waals surface area contributed by atoms with Crippen molar-refractivity contribution in [3.63, 3.8) is 0 Å². The van der Waals surface area contributed by atoms with Gasteiger partial charge in [-0.05, 0) is 35.9 Å². The molecular weight excluding hydrogens is 304 g/mol. The van der Waals surface area contributed by atoms with Crippen molar-refractivity contribution in [1.29, 1.82) is 0 Å². The van der Waals surface area contributed by atoms with Crippen LogP contribution >= 0.6 is 15.9 Å². The lowest BCUT2D eigenvalue weighted by atomic mass is 10.1. The summed E-state index contributed by atoms with van der Waals surface area (Å²) in [5.74, 6) is -1.60. The molecule has 0 aliphatic carbocycles. The normalized spacial score (nSPS) is 10.4. The van der Waals surface area contributed by atoms with Gasteiger partial charge in [-0.15, -0.1) is 0 Å². The molecule has 1 heterocycles. The summed E-state index contributed by atoms with van der Waals surface area (Å²) in [6.45, 7) is 0. The molecule has 0 N–H and O–H groups in total. The number of pyridine rings is 1. The molecular formula is C13H8BrF2NO. The van der Waals surface area contributed by atoms with Gasteiger partial charge in [0.05, 0.1) is 0 Å². The SMILES string of the molecule is O=C(Cc1cc(F)ccc1Br)c1ncccc1F. The molecule has 18 heavy (non-hydrogen) atoms. The van der Waals surface area contributed by atoms with E-state index in [-0.39, 0.29) is 12.1 Å². The van der Waals surface area contributed by atoms with E-state index in [0.717, 1.165) is 0 Å². The largest absolute Gasteiger partial charge is 0.292 e. The summed E-state index contributed by atoms with van der Waals surface area (Å²) in [4.78, 5) is 15.5. The van der Waals surface area contributed by atoms with Gasteiger partial charge in [0, 0.05) is 17.1 Å². The Kier molecular flexibility index (Phi) is 3.81. The average molecular weight is 312 g/mol. The predicted molar refractivity (Wildman–Crippen MR) is 66.3 cm³/mol. The fourth-order valence-corrected chi connectivity index (χ4v) is 1.91. The molecule has 0 spiro atoms. The number of aromatic nitrogens is 1. The number of Topliss-reactive ketones (excluding diaryl/α,β-unsaturated/α-hetero) is 1. The van der Waals surface area contributed by atoms with E-state index in [2.05, 4.69) is 20.9 Å². The van der Waals surface area contributed by atoms with Crippen LogP contribution in [0.15, 0.2) is 41.0 Å².